The van der Waals surface area contributed by atoms with Gasteiger partial charge < -0.3 is 4.74 Å². The Morgan fingerprint density at radius 3 is 2.62 bits per heavy atom. The van der Waals surface area contributed by atoms with Crippen molar-refractivity contribution in [3.05, 3.63) is 52.3 Å². The van der Waals surface area contributed by atoms with E-state index in [2.05, 4.69) is 0 Å². The van der Waals surface area contributed by atoms with Crippen LogP contribution in [-0.2, 0) is 0 Å². The Bertz CT molecular complexity index is 436. The van der Waals surface area contributed by atoms with Gasteiger partial charge in [0.05, 0.1) is 11.2 Å². The Labute approximate surface area is 94.0 Å². The molecule has 1 aromatic rings. The van der Waals surface area contributed by atoms with Crippen molar-refractivity contribution in [3.8, 4) is 5.75 Å². The van der Waals surface area contributed by atoms with Crippen molar-refractivity contribution in [1.82, 2.24) is 0 Å². The third-order valence-electron chi connectivity index (χ3n) is 1.88. The fraction of sp³-hybridized carbons (Fsp3) is 0.167. The highest BCUT2D eigenvalue weighted by atomic mass is 16.6. The molecule has 0 saturated heterocycles. The number of benzene rings is 1. The van der Waals surface area contributed by atoms with Gasteiger partial charge in [-0.2, -0.15) is 0 Å². The molecule has 0 aliphatic heterocycles. The van der Waals surface area contributed by atoms with E-state index in [9.17, 15) is 10.1 Å². The molecule has 0 unspecified atom stereocenters. The highest BCUT2D eigenvalue weighted by molar-refractivity contribution is 5.60. The lowest BCUT2D eigenvalue weighted by atomic mass is 10.1. The predicted molar refractivity (Wildman–Crippen MR) is 63.2 cm³/mol. The van der Waals surface area contributed by atoms with Crippen LogP contribution in [0, 0.1) is 10.1 Å². The maximum absolute atomic E-state index is 10.6. The molecule has 0 aromatic heterocycles. The van der Waals surface area contributed by atoms with Crippen molar-refractivity contribution in [2.75, 3.05) is 0 Å². The van der Waals surface area contributed by atoms with Crippen molar-refractivity contribution in [1.29, 1.82) is 0 Å². The third-order valence-corrected chi connectivity index (χ3v) is 1.88. The summed E-state index contributed by atoms with van der Waals surface area (Å²) in [5, 5.41) is 10.6. The lowest BCUT2D eigenvalue weighted by Gasteiger charge is -2.04. The summed E-state index contributed by atoms with van der Waals surface area (Å²) in [6.45, 7) is 3.68. The van der Waals surface area contributed by atoms with Crippen LogP contribution in [0.4, 0.5) is 5.69 Å². The van der Waals surface area contributed by atoms with Gasteiger partial charge in [-0.15, -0.1) is 0 Å². The van der Waals surface area contributed by atoms with Gasteiger partial charge in [-0.1, -0.05) is 18.2 Å². The Balaban J connectivity index is 3.13. The minimum atomic E-state index is -0.424. The molecular weight excluding hydrogens is 206 g/mol. The molecule has 16 heavy (non-hydrogen) atoms. The SMILES string of the molecule is C/C=C/Oc1ccc([N+](=O)[O-])cc1/C=C/C. The molecule has 0 aliphatic carbocycles. The molecule has 0 spiro atoms. The molecule has 0 atom stereocenters. The Morgan fingerprint density at radius 1 is 1.31 bits per heavy atom. The molecule has 4 heteroatoms. The number of non-ortho nitro benzene ring substituents is 1. The minimum Gasteiger partial charge on any atom is -0.465 e. The number of nitrogens with zero attached hydrogens (tertiary/aromatic N) is 1. The van der Waals surface area contributed by atoms with Crippen molar-refractivity contribution >= 4 is 11.8 Å². The zero-order valence-electron chi connectivity index (χ0n) is 9.21. The maximum atomic E-state index is 10.6. The van der Waals surface area contributed by atoms with Crippen molar-refractivity contribution in [2.45, 2.75) is 13.8 Å². The number of nitro benzene ring substituents is 1. The Hall–Kier alpha value is -2.10. The van der Waals surface area contributed by atoms with Crippen LogP contribution in [0.25, 0.3) is 6.08 Å². The second-order valence-corrected chi connectivity index (χ2v) is 3.07. The first-order chi connectivity index (χ1) is 7.69. The molecule has 0 heterocycles. The van der Waals surface area contributed by atoms with E-state index in [1.165, 1.54) is 18.4 Å². The van der Waals surface area contributed by atoms with Crippen LogP contribution in [0.5, 0.6) is 5.75 Å². The summed E-state index contributed by atoms with van der Waals surface area (Å²) in [5.74, 6) is 0.599. The Morgan fingerprint density at radius 2 is 2.06 bits per heavy atom. The van der Waals surface area contributed by atoms with E-state index in [-0.39, 0.29) is 5.69 Å². The smallest absolute Gasteiger partial charge is 0.270 e. The molecule has 1 rings (SSSR count). The van der Waals surface area contributed by atoms with Gasteiger partial charge in [-0.25, -0.2) is 0 Å². The van der Waals surface area contributed by atoms with Crippen LogP contribution >= 0.6 is 0 Å². The summed E-state index contributed by atoms with van der Waals surface area (Å²) in [6.07, 6.45) is 6.86. The summed E-state index contributed by atoms with van der Waals surface area (Å²) in [7, 11) is 0. The topological polar surface area (TPSA) is 52.4 Å². The summed E-state index contributed by atoms with van der Waals surface area (Å²) < 4.78 is 5.32. The van der Waals surface area contributed by atoms with Gasteiger partial charge in [-0.05, 0) is 19.9 Å². The predicted octanol–water partition coefficient (Wildman–Crippen LogP) is 3.54. The average Bonchev–Trinajstić information content (AvgIpc) is 2.27. The molecule has 0 amide bonds. The van der Waals surface area contributed by atoms with E-state index >= 15 is 0 Å². The van der Waals surface area contributed by atoms with Gasteiger partial charge >= 0.3 is 0 Å². The first kappa shape index (κ1) is 12.0. The van der Waals surface area contributed by atoms with Gasteiger partial charge in [0.2, 0.25) is 0 Å². The molecule has 0 saturated carbocycles. The minimum absolute atomic E-state index is 0.0564. The zero-order valence-corrected chi connectivity index (χ0v) is 9.21. The van der Waals surface area contributed by atoms with E-state index in [0.717, 1.165) is 0 Å². The third kappa shape index (κ3) is 2.95. The highest BCUT2D eigenvalue weighted by Gasteiger charge is 2.09. The lowest BCUT2D eigenvalue weighted by molar-refractivity contribution is -0.384. The second-order valence-electron chi connectivity index (χ2n) is 3.07. The molecule has 0 N–H and O–H groups in total. The standard InChI is InChI=1S/C12H13NO3/c1-3-5-10-9-11(13(14)15)6-7-12(10)16-8-4-2/h3-9H,1-2H3/b5-3+,8-4+. The van der Waals surface area contributed by atoms with Gasteiger partial charge in [0.1, 0.15) is 5.75 Å². The summed E-state index contributed by atoms with van der Waals surface area (Å²) in [4.78, 5) is 10.2. The van der Waals surface area contributed by atoms with Gasteiger partial charge in [0.15, 0.2) is 0 Å². The molecule has 0 radical (unpaired) electrons. The fourth-order valence-electron chi connectivity index (χ4n) is 1.21. The monoisotopic (exact) mass is 219 g/mol. The van der Waals surface area contributed by atoms with E-state index in [0.29, 0.717) is 11.3 Å². The molecule has 0 bridgehead atoms. The van der Waals surface area contributed by atoms with Crippen molar-refractivity contribution in [3.63, 3.8) is 0 Å². The zero-order chi connectivity index (χ0) is 12.0. The molecular formula is C12H13NO3. The average molecular weight is 219 g/mol. The second kappa shape index (κ2) is 5.70. The molecule has 84 valence electrons. The number of rotatable bonds is 4. The number of hydrogen-bond donors (Lipinski definition) is 0. The van der Waals surface area contributed by atoms with Crippen LogP contribution in [0.15, 0.2) is 36.6 Å². The van der Waals surface area contributed by atoms with Crippen LogP contribution in [0.3, 0.4) is 0 Å². The normalized spacial score (nSPS) is 11.1. The molecule has 0 aliphatic rings. The summed E-state index contributed by atoms with van der Waals surface area (Å²) >= 11 is 0. The van der Waals surface area contributed by atoms with Crippen LogP contribution in [0.2, 0.25) is 0 Å². The quantitative estimate of drug-likeness (QED) is 0.442. The molecule has 4 nitrogen and oxygen atoms in total. The van der Waals surface area contributed by atoms with Crippen LogP contribution in [0.1, 0.15) is 19.4 Å². The largest absolute Gasteiger partial charge is 0.465 e. The summed E-state index contributed by atoms with van der Waals surface area (Å²) in [5.41, 5.74) is 0.746. The molecule has 0 fully saturated rings. The van der Waals surface area contributed by atoms with E-state index in [1.54, 1.807) is 18.2 Å². The fourth-order valence-corrected chi connectivity index (χ4v) is 1.21. The molecule has 1 aromatic carbocycles. The van der Waals surface area contributed by atoms with Gasteiger partial charge in [0.25, 0.3) is 5.69 Å². The van der Waals surface area contributed by atoms with E-state index < -0.39 is 4.92 Å². The van der Waals surface area contributed by atoms with Gasteiger partial charge in [0, 0.05) is 17.7 Å². The van der Waals surface area contributed by atoms with Crippen LogP contribution < -0.4 is 4.74 Å². The van der Waals surface area contributed by atoms with E-state index in [1.807, 2.05) is 19.9 Å². The maximum Gasteiger partial charge on any atom is 0.270 e. The number of allylic oxidation sites excluding steroid dienone is 2. The first-order valence-corrected chi connectivity index (χ1v) is 4.88. The van der Waals surface area contributed by atoms with Crippen LogP contribution in [-0.4, -0.2) is 4.92 Å². The highest BCUT2D eigenvalue weighted by Crippen LogP contribution is 2.25. The first-order valence-electron chi connectivity index (χ1n) is 4.88. The number of hydrogen-bond acceptors (Lipinski definition) is 3. The Kier molecular flexibility index (Phi) is 4.27. The summed E-state index contributed by atoms with van der Waals surface area (Å²) in [6, 6.07) is 4.50. The lowest BCUT2D eigenvalue weighted by Crippen LogP contribution is -1.91. The van der Waals surface area contributed by atoms with Crippen molar-refractivity contribution < 1.29 is 9.66 Å². The van der Waals surface area contributed by atoms with E-state index in [4.69, 9.17) is 4.74 Å². The number of nitro groups is 1. The number of ether oxygens (including phenoxy) is 1. The van der Waals surface area contributed by atoms with Crippen molar-refractivity contribution in [2.24, 2.45) is 0 Å². The van der Waals surface area contributed by atoms with Gasteiger partial charge in [-0.3, -0.25) is 10.1 Å².